The minimum atomic E-state index is -1.90. The average Bonchev–Trinajstić information content (AvgIpc) is 2.59. The van der Waals surface area contributed by atoms with Gasteiger partial charge in [0, 0.05) is 0 Å². The lowest BCUT2D eigenvalue weighted by atomic mass is 9.89. The number of ketones is 2. The van der Waals surface area contributed by atoms with Gasteiger partial charge >= 0.3 is 0 Å². The van der Waals surface area contributed by atoms with Crippen molar-refractivity contribution in [3.8, 4) is 11.5 Å². The van der Waals surface area contributed by atoms with Crippen molar-refractivity contribution in [2.45, 2.75) is 38.6 Å². The Balaban J connectivity index is 2.39. The lowest BCUT2D eigenvalue weighted by molar-refractivity contribution is -0.155. The second-order valence-electron chi connectivity index (χ2n) is 6.02. The molecule has 2 rings (SSSR count). The molecule has 0 fully saturated rings. The third kappa shape index (κ3) is 4.67. The highest BCUT2D eigenvalue weighted by molar-refractivity contribution is 5.88. The van der Waals surface area contributed by atoms with Crippen molar-refractivity contribution < 1.29 is 24.2 Å². The fourth-order valence-corrected chi connectivity index (χ4v) is 2.32. The number of ether oxygens (including phenoxy) is 2. The molecule has 0 aliphatic rings. The Hall–Kier alpha value is -2.66. The summed E-state index contributed by atoms with van der Waals surface area (Å²) < 4.78 is 11.6. The highest BCUT2D eigenvalue weighted by Crippen LogP contribution is 2.25. The van der Waals surface area contributed by atoms with Gasteiger partial charge in [-0.15, -0.1) is 0 Å². The third-order valence-electron chi connectivity index (χ3n) is 3.95. The van der Waals surface area contributed by atoms with Gasteiger partial charge in [0.25, 0.3) is 0 Å². The van der Waals surface area contributed by atoms with Crippen LogP contribution in [0.2, 0.25) is 0 Å². The largest absolute Gasteiger partial charge is 0.483 e. The molecule has 0 aliphatic heterocycles. The molecule has 5 heteroatoms. The highest BCUT2D eigenvalue weighted by atomic mass is 16.6. The predicted molar refractivity (Wildman–Crippen MR) is 93.7 cm³/mol. The number of carbonyl (C=O) groups excluding carboxylic acids is 2. The first-order valence-corrected chi connectivity index (χ1v) is 7.99. The van der Waals surface area contributed by atoms with E-state index in [9.17, 15) is 14.7 Å². The minimum absolute atomic E-state index is 0.355. The summed E-state index contributed by atoms with van der Waals surface area (Å²) in [6.45, 7) is 3.92. The average molecular weight is 342 g/mol. The van der Waals surface area contributed by atoms with Gasteiger partial charge in [-0.3, -0.25) is 9.59 Å². The van der Waals surface area contributed by atoms with Gasteiger partial charge in [-0.25, -0.2) is 0 Å². The Labute approximate surface area is 147 Å². The molecule has 2 aromatic rings. The van der Waals surface area contributed by atoms with E-state index in [0.29, 0.717) is 11.5 Å². The van der Waals surface area contributed by atoms with Crippen molar-refractivity contribution in [1.29, 1.82) is 0 Å². The summed E-state index contributed by atoms with van der Waals surface area (Å²) in [5.74, 6) is 0.00306. The van der Waals surface area contributed by atoms with E-state index in [1.165, 1.54) is 20.8 Å². The Morgan fingerprint density at radius 1 is 0.880 bits per heavy atom. The van der Waals surface area contributed by atoms with Gasteiger partial charge in [-0.2, -0.15) is 0 Å². The van der Waals surface area contributed by atoms with Crippen LogP contribution in [0, 0.1) is 0 Å². The first-order valence-electron chi connectivity index (χ1n) is 7.99. The number of benzene rings is 2. The number of hydrogen-bond donors (Lipinski definition) is 1. The molecule has 25 heavy (non-hydrogen) atoms. The maximum Gasteiger partial charge on any atom is 0.196 e. The van der Waals surface area contributed by atoms with Crippen molar-refractivity contribution in [1.82, 2.24) is 0 Å². The van der Waals surface area contributed by atoms with Gasteiger partial charge in [0.05, 0.1) is 0 Å². The molecule has 1 N–H and O–H groups in total. The van der Waals surface area contributed by atoms with Crippen molar-refractivity contribution in [2.24, 2.45) is 0 Å². The van der Waals surface area contributed by atoms with Crippen LogP contribution in [-0.2, 0) is 9.59 Å². The molecule has 0 aromatic heterocycles. The van der Waals surface area contributed by atoms with Crippen LogP contribution in [0.15, 0.2) is 60.7 Å². The van der Waals surface area contributed by atoms with Crippen LogP contribution in [0.4, 0.5) is 0 Å². The van der Waals surface area contributed by atoms with Crippen LogP contribution in [0.25, 0.3) is 0 Å². The monoisotopic (exact) mass is 342 g/mol. The van der Waals surface area contributed by atoms with Gasteiger partial charge < -0.3 is 14.6 Å². The summed E-state index contributed by atoms with van der Waals surface area (Å²) in [7, 11) is 0. The van der Waals surface area contributed by atoms with Crippen molar-refractivity contribution >= 4 is 11.6 Å². The molecular formula is C20H22O5. The van der Waals surface area contributed by atoms with Crippen LogP contribution >= 0.6 is 0 Å². The van der Waals surface area contributed by atoms with E-state index in [1.54, 1.807) is 48.5 Å². The standard InChI is InChI=1S/C20H22O5/c1-14(21)18(24-16-10-6-4-7-11-16)19(20(3,23)15(2)22)25-17-12-8-5-9-13-17/h4-13,18-19,23H,1-3H3. The first-order chi connectivity index (χ1) is 11.8. The molecule has 2 aromatic carbocycles. The Bertz CT molecular complexity index is 709. The van der Waals surface area contributed by atoms with Gasteiger partial charge in [0.1, 0.15) is 11.5 Å². The molecule has 0 saturated heterocycles. The quantitative estimate of drug-likeness (QED) is 0.798. The summed E-state index contributed by atoms with van der Waals surface area (Å²) in [4.78, 5) is 24.2. The lowest BCUT2D eigenvalue weighted by Crippen LogP contribution is -2.58. The van der Waals surface area contributed by atoms with E-state index < -0.39 is 23.6 Å². The van der Waals surface area contributed by atoms with Crippen LogP contribution in [-0.4, -0.2) is 34.5 Å². The maximum atomic E-state index is 12.2. The molecule has 0 radical (unpaired) electrons. The highest BCUT2D eigenvalue weighted by Gasteiger charge is 2.46. The van der Waals surface area contributed by atoms with E-state index >= 15 is 0 Å². The Morgan fingerprint density at radius 2 is 1.32 bits per heavy atom. The summed E-state index contributed by atoms with van der Waals surface area (Å²) >= 11 is 0. The van der Waals surface area contributed by atoms with Crippen LogP contribution in [0.5, 0.6) is 11.5 Å². The third-order valence-corrected chi connectivity index (χ3v) is 3.95. The van der Waals surface area contributed by atoms with Crippen molar-refractivity contribution in [3.05, 3.63) is 60.7 Å². The van der Waals surface area contributed by atoms with E-state index in [0.717, 1.165) is 0 Å². The van der Waals surface area contributed by atoms with E-state index in [4.69, 9.17) is 9.47 Å². The van der Waals surface area contributed by atoms with Crippen molar-refractivity contribution in [2.75, 3.05) is 0 Å². The molecule has 0 aliphatic carbocycles. The zero-order valence-corrected chi connectivity index (χ0v) is 14.5. The number of rotatable bonds is 8. The van der Waals surface area contributed by atoms with Gasteiger partial charge in [0.2, 0.25) is 0 Å². The minimum Gasteiger partial charge on any atom is -0.483 e. The summed E-state index contributed by atoms with van der Waals surface area (Å²) in [6.07, 6.45) is -2.35. The Kier molecular flexibility index (Phi) is 5.93. The predicted octanol–water partition coefficient (Wildman–Crippen LogP) is 2.81. The second kappa shape index (κ2) is 7.94. The molecular weight excluding hydrogens is 320 g/mol. The van der Waals surface area contributed by atoms with Crippen LogP contribution in [0.3, 0.4) is 0 Å². The molecule has 0 heterocycles. The SMILES string of the molecule is CC(=O)C(Oc1ccccc1)C(Oc1ccccc1)C(C)(O)C(C)=O. The zero-order chi connectivity index (χ0) is 18.4. The molecule has 5 nitrogen and oxygen atoms in total. The second-order valence-corrected chi connectivity index (χ2v) is 6.02. The van der Waals surface area contributed by atoms with Gasteiger partial charge in [-0.1, -0.05) is 36.4 Å². The van der Waals surface area contributed by atoms with E-state index in [2.05, 4.69) is 0 Å². The summed E-state index contributed by atoms with van der Waals surface area (Å²) in [6, 6.07) is 17.4. The molecule has 3 atom stereocenters. The maximum absolute atomic E-state index is 12.2. The van der Waals surface area contributed by atoms with Crippen LogP contribution < -0.4 is 9.47 Å². The van der Waals surface area contributed by atoms with E-state index in [-0.39, 0.29) is 5.78 Å². The number of Topliss-reactive ketones (excluding diaryl/α,β-unsaturated/α-hetero) is 2. The molecule has 0 bridgehead atoms. The first kappa shape index (κ1) is 18.7. The smallest absolute Gasteiger partial charge is 0.196 e. The number of hydrogen-bond acceptors (Lipinski definition) is 5. The zero-order valence-electron chi connectivity index (χ0n) is 14.5. The van der Waals surface area contributed by atoms with Crippen LogP contribution in [0.1, 0.15) is 20.8 Å². The fraction of sp³-hybridized carbons (Fsp3) is 0.300. The molecule has 3 unspecified atom stereocenters. The number of carbonyl (C=O) groups is 2. The molecule has 0 saturated carbocycles. The summed E-state index contributed by atoms with van der Waals surface area (Å²) in [5, 5.41) is 10.7. The molecule has 0 amide bonds. The number of aliphatic hydroxyl groups is 1. The van der Waals surface area contributed by atoms with Crippen molar-refractivity contribution in [3.63, 3.8) is 0 Å². The van der Waals surface area contributed by atoms with E-state index in [1.807, 2.05) is 12.1 Å². The summed E-state index contributed by atoms with van der Waals surface area (Å²) in [5.41, 5.74) is -1.90. The number of para-hydroxylation sites is 2. The van der Waals surface area contributed by atoms with Gasteiger partial charge in [-0.05, 0) is 45.0 Å². The normalized spacial score (nSPS) is 15.5. The lowest BCUT2D eigenvalue weighted by Gasteiger charge is -2.35. The topological polar surface area (TPSA) is 72.8 Å². The molecule has 0 spiro atoms. The van der Waals surface area contributed by atoms with Gasteiger partial charge in [0.15, 0.2) is 29.4 Å². The molecule has 132 valence electrons. The Morgan fingerprint density at radius 3 is 1.72 bits per heavy atom. The fourth-order valence-electron chi connectivity index (χ4n) is 2.32.